The van der Waals surface area contributed by atoms with Crippen LogP contribution in [0, 0.1) is 6.92 Å². The third kappa shape index (κ3) is 4.14. The number of hydrogen-bond acceptors (Lipinski definition) is 3. The molecule has 0 bridgehead atoms. The Bertz CT molecular complexity index is 1260. The first-order valence-corrected chi connectivity index (χ1v) is 10.1. The summed E-state index contributed by atoms with van der Waals surface area (Å²) in [4.78, 5) is 24.9. The van der Waals surface area contributed by atoms with Crippen molar-refractivity contribution in [1.82, 2.24) is 19.7 Å². The number of carbonyl (C=O) groups excluding carboxylic acids is 1. The van der Waals surface area contributed by atoms with Crippen molar-refractivity contribution >= 4 is 28.4 Å². The lowest BCUT2D eigenvalue weighted by Crippen LogP contribution is -2.32. The lowest BCUT2D eigenvalue weighted by atomic mass is 10.2. The van der Waals surface area contributed by atoms with E-state index in [0.717, 1.165) is 24.2 Å². The Kier molecular flexibility index (Phi) is 5.68. The summed E-state index contributed by atoms with van der Waals surface area (Å²) < 4.78 is 3.72. The van der Waals surface area contributed by atoms with E-state index in [9.17, 15) is 9.59 Å². The Hall–Kier alpha value is -3.38. The first-order chi connectivity index (χ1) is 14.5. The highest BCUT2D eigenvalue weighted by atomic mass is 35.5. The number of hydrogen-bond donors (Lipinski definition) is 1. The molecule has 0 atom stereocenters. The van der Waals surface area contributed by atoms with E-state index in [1.54, 1.807) is 35.9 Å². The van der Waals surface area contributed by atoms with Gasteiger partial charge in [-0.2, -0.15) is 5.10 Å². The molecular weight excluding hydrogens is 400 g/mol. The fourth-order valence-corrected chi connectivity index (χ4v) is 3.54. The number of nitrogens with one attached hydrogen (secondary N) is 1. The molecule has 0 unspecified atom stereocenters. The smallest absolute Gasteiger partial charge is 0.275 e. The van der Waals surface area contributed by atoms with E-state index in [4.69, 9.17) is 11.6 Å². The van der Waals surface area contributed by atoms with Gasteiger partial charge in [-0.1, -0.05) is 29.8 Å². The van der Waals surface area contributed by atoms with Gasteiger partial charge in [0.1, 0.15) is 0 Å². The molecule has 4 rings (SSSR count). The van der Waals surface area contributed by atoms with Crippen molar-refractivity contribution in [2.24, 2.45) is 0 Å². The van der Waals surface area contributed by atoms with Crippen LogP contribution < -0.4 is 10.7 Å². The Morgan fingerprint density at radius 3 is 2.67 bits per heavy atom. The minimum Gasteiger partial charge on any atom is -0.350 e. The van der Waals surface area contributed by atoms with Crippen molar-refractivity contribution in [1.29, 1.82) is 0 Å². The van der Waals surface area contributed by atoms with Gasteiger partial charge in [0.05, 0.1) is 5.69 Å². The highest BCUT2D eigenvalue weighted by molar-refractivity contribution is 6.30. The molecule has 4 aromatic rings. The van der Waals surface area contributed by atoms with Crippen LogP contribution in [0.4, 0.5) is 0 Å². The van der Waals surface area contributed by atoms with E-state index >= 15 is 0 Å². The number of nitrogens with zero attached hydrogens (tertiary/aromatic N) is 3. The third-order valence-electron chi connectivity index (χ3n) is 4.94. The normalized spacial score (nSPS) is 11.0. The summed E-state index contributed by atoms with van der Waals surface area (Å²) in [5.41, 5.74) is 2.01. The van der Waals surface area contributed by atoms with Crippen LogP contribution in [0.2, 0.25) is 5.02 Å². The molecule has 6 nitrogen and oxygen atoms in total. The van der Waals surface area contributed by atoms with Gasteiger partial charge >= 0.3 is 0 Å². The maximum absolute atomic E-state index is 12.6. The zero-order valence-electron chi connectivity index (χ0n) is 16.5. The van der Waals surface area contributed by atoms with Gasteiger partial charge < -0.3 is 9.88 Å². The van der Waals surface area contributed by atoms with Crippen molar-refractivity contribution < 1.29 is 4.79 Å². The summed E-state index contributed by atoms with van der Waals surface area (Å²) in [5.74, 6) is -0.472. The van der Waals surface area contributed by atoms with Crippen LogP contribution >= 0.6 is 11.6 Å². The van der Waals surface area contributed by atoms with Gasteiger partial charge in [0.15, 0.2) is 5.69 Å². The van der Waals surface area contributed by atoms with E-state index in [0.29, 0.717) is 17.3 Å². The second kappa shape index (κ2) is 8.55. The summed E-state index contributed by atoms with van der Waals surface area (Å²) >= 11 is 5.94. The van der Waals surface area contributed by atoms with Crippen LogP contribution in [-0.2, 0) is 6.54 Å². The number of carbonyl (C=O) groups is 1. The van der Waals surface area contributed by atoms with E-state index in [1.807, 2.05) is 18.3 Å². The van der Waals surface area contributed by atoms with Crippen LogP contribution in [0.1, 0.15) is 22.6 Å². The predicted octanol–water partition coefficient (Wildman–Crippen LogP) is 3.97. The minimum atomic E-state index is -0.472. The molecule has 0 saturated carbocycles. The van der Waals surface area contributed by atoms with E-state index in [-0.39, 0.29) is 5.69 Å². The maximum atomic E-state index is 12.6. The van der Waals surface area contributed by atoms with Crippen molar-refractivity contribution in [2.45, 2.75) is 19.9 Å². The Labute approximate surface area is 178 Å². The number of aryl methyl sites for hydroxylation is 2. The van der Waals surface area contributed by atoms with Gasteiger partial charge in [-0.05, 0) is 55.1 Å². The van der Waals surface area contributed by atoms with Crippen molar-refractivity contribution in [3.05, 3.63) is 93.5 Å². The number of rotatable bonds is 6. The molecule has 0 aliphatic rings. The number of benzene rings is 2. The molecule has 2 heterocycles. The molecule has 152 valence electrons. The lowest BCUT2D eigenvalue weighted by molar-refractivity contribution is 0.0945. The Balaban J connectivity index is 1.43. The molecule has 0 radical (unpaired) electrons. The largest absolute Gasteiger partial charge is 0.350 e. The van der Waals surface area contributed by atoms with Crippen LogP contribution in [-0.4, -0.2) is 26.8 Å². The second-order valence-corrected chi connectivity index (χ2v) is 7.50. The molecule has 30 heavy (non-hydrogen) atoms. The van der Waals surface area contributed by atoms with Gasteiger partial charge in [-0.25, -0.2) is 4.68 Å². The van der Waals surface area contributed by atoms with E-state index in [1.165, 1.54) is 11.5 Å². The van der Waals surface area contributed by atoms with Crippen molar-refractivity contribution in [2.75, 3.05) is 6.54 Å². The molecule has 1 N–H and O–H groups in total. The summed E-state index contributed by atoms with van der Waals surface area (Å²) in [6.45, 7) is 2.98. The van der Waals surface area contributed by atoms with Gasteiger partial charge in [-0.3, -0.25) is 9.59 Å². The fourth-order valence-electron chi connectivity index (χ4n) is 3.42. The SMILES string of the molecule is Cc1cc(=O)c(C(=O)NCCCn2ccc3ccccc32)nn1-c1ccc(Cl)cc1. The molecule has 2 aromatic heterocycles. The fraction of sp³-hybridized carbons (Fsp3) is 0.174. The van der Waals surface area contributed by atoms with Crippen LogP contribution in [0.25, 0.3) is 16.6 Å². The summed E-state index contributed by atoms with van der Waals surface area (Å²) in [7, 11) is 0. The van der Waals surface area contributed by atoms with E-state index < -0.39 is 11.3 Å². The second-order valence-electron chi connectivity index (χ2n) is 7.06. The maximum Gasteiger partial charge on any atom is 0.275 e. The zero-order chi connectivity index (χ0) is 21.1. The quantitative estimate of drug-likeness (QED) is 0.480. The van der Waals surface area contributed by atoms with Gasteiger partial charge in [0.2, 0.25) is 5.43 Å². The van der Waals surface area contributed by atoms with Crippen LogP contribution in [0.15, 0.2) is 71.7 Å². The molecule has 0 fully saturated rings. The predicted molar refractivity (Wildman–Crippen MR) is 118 cm³/mol. The molecule has 0 saturated heterocycles. The highest BCUT2D eigenvalue weighted by Gasteiger charge is 2.15. The molecule has 0 aliphatic heterocycles. The summed E-state index contributed by atoms with van der Waals surface area (Å²) in [6.07, 6.45) is 2.78. The number of fused-ring (bicyclic) bond motifs is 1. The topological polar surface area (TPSA) is 68.9 Å². The number of aromatic nitrogens is 3. The van der Waals surface area contributed by atoms with Crippen molar-refractivity contribution in [3.63, 3.8) is 0 Å². The number of halogens is 1. The monoisotopic (exact) mass is 420 g/mol. The third-order valence-corrected chi connectivity index (χ3v) is 5.19. The average Bonchev–Trinajstić information content (AvgIpc) is 3.15. The zero-order valence-corrected chi connectivity index (χ0v) is 17.3. The standard InChI is InChI=1S/C23H21ClN4O2/c1-16-15-21(29)22(26-28(16)19-9-7-18(24)8-10-19)23(30)25-12-4-13-27-14-11-17-5-2-3-6-20(17)27/h2-3,5-11,14-15H,4,12-13H2,1H3,(H,25,30). The molecule has 2 aromatic carbocycles. The summed E-state index contributed by atoms with van der Waals surface area (Å²) in [6, 6.07) is 18.7. The average molecular weight is 421 g/mol. The summed E-state index contributed by atoms with van der Waals surface area (Å²) in [5, 5.41) is 8.88. The van der Waals surface area contributed by atoms with Gasteiger partial charge in [-0.15, -0.1) is 0 Å². The molecule has 0 spiro atoms. The number of amides is 1. The van der Waals surface area contributed by atoms with Crippen LogP contribution in [0.3, 0.4) is 0 Å². The molecule has 0 aliphatic carbocycles. The Morgan fingerprint density at radius 2 is 1.87 bits per heavy atom. The first-order valence-electron chi connectivity index (χ1n) is 9.72. The van der Waals surface area contributed by atoms with E-state index in [2.05, 4.69) is 33.2 Å². The highest BCUT2D eigenvalue weighted by Crippen LogP contribution is 2.15. The van der Waals surface area contributed by atoms with Gasteiger partial charge in [0.25, 0.3) is 5.91 Å². The first kappa shape index (κ1) is 19.9. The number of para-hydroxylation sites is 1. The lowest BCUT2D eigenvalue weighted by Gasteiger charge is -2.12. The molecule has 7 heteroatoms. The molecular formula is C23H21ClN4O2. The minimum absolute atomic E-state index is 0.123. The van der Waals surface area contributed by atoms with Gasteiger partial charge in [0, 0.05) is 41.6 Å². The van der Waals surface area contributed by atoms with Crippen molar-refractivity contribution in [3.8, 4) is 5.69 Å². The van der Waals surface area contributed by atoms with Crippen LogP contribution in [0.5, 0.6) is 0 Å². The Morgan fingerprint density at radius 1 is 1.10 bits per heavy atom. The molecule has 1 amide bonds.